The number of ether oxygens (including phenoxy) is 2. The quantitative estimate of drug-likeness (QED) is 0.565. The van der Waals surface area contributed by atoms with Gasteiger partial charge >= 0.3 is 0 Å². The topological polar surface area (TPSA) is 18.5 Å². The average molecular weight is 256 g/mol. The molecule has 108 valence electrons. The van der Waals surface area contributed by atoms with Gasteiger partial charge in [0.1, 0.15) is 0 Å². The highest BCUT2D eigenvalue weighted by Crippen LogP contribution is 2.29. The number of hydrogen-bond donors (Lipinski definition) is 0. The Morgan fingerprint density at radius 2 is 1.61 bits per heavy atom. The van der Waals surface area contributed by atoms with Gasteiger partial charge in [0.2, 0.25) is 0 Å². The highest BCUT2D eigenvalue weighted by atomic mass is 16.7. The molecule has 0 unspecified atom stereocenters. The van der Waals surface area contributed by atoms with Crippen LogP contribution in [0, 0.1) is 0 Å². The predicted molar refractivity (Wildman–Crippen MR) is 76.7 cm³/mol. The van der Waals surface area contributed by atoms with Crippen LogP contribution in [-0.4, -0.2) is 18.0 Å². The second-order valence-electron chi connectivity index (χ2n) is 6.37. The van der Waals surface area contributed by atoms with Crippen LogP contribution in [0.4, 0.5) is 0 Å². The van der Waals surface area contributed by atoms with Gasteiger partial charge in [-0.3, -0.25) is 0 Å². The maximum atomic E-state index is 5.97. The van der Waals surface area contributed by atoms with Crippen molar-refractivity contribution >= 4 is 0 Å². The monoisotopic (exact) mass is 256 g/mol. The highest BCUT2D eigenvalue weighted by Gasteiger charge is 2.32. The van der Waals surface area contributed by atoms with E-state index in [9.17, 15) is 0 Å². The Bertz CT molecular complexity index is 213. The summed E-state index contributed by atoms with van der Waals surface area (Å²) < 4.78 is 11.8. The Morgan fingerprint density at radius 3 is 2.22 bits per heavy atom. The van der Waals surface area contributed by atoms with Crippen LogP contribution in [-0.2, 0) is 9.47 Å². The van der Waals surface area contributed by atoms with Crippen molar-refractivity contribution in [3.8, 4) is 0 Å². The van der Waals surface area contributed by atoms with Gasteiger partial charge in [0.25, 0.3) is 0 Å². The van der Waals surface area contributed by atoms with Crippen molar-refractivity contribution in [3.05, 3.63) is 0 Å². The molecule has 0 amide bonds. The zero-order chi connectivity index (χ0) is 13.4. The molecule has 0 aliphatic carbocycles. The Balaban J connectivity index is 2.04. The van der Waals surface area contributed by atoms with E-state index in [1.54, 1.807) is 0 Å². The van der Waals surface area contributed by atoms with Gasteiger partial charge in [0, 0.05) is 6.42 Å². The minimum atomic E-state index is -0.0105. The average Bonchev–Trinajstić information content (AvgIpc) is 2.25. The summed E-state index contributed by atoms with van der Waals surface area (Å²) in [5, 5.41) is 0. The van der Waals surface area contributed by atoms with Gasteiger partial charge in [-0.2, -0.15) is 0 Å². The van der Waals surface area contributed by atoms with E-state index in [4.69, 9.17) is 9.47 Å². The van der Waals surface area contributed by atoms with Gasteiger partial charge in [-0.15, -0.1) is 0 Å². The third kappa shape index (κ3) is 6.75. The minimum Gasteiger partial charge on any atom is -0.350 e. The van der Waals surface area contributed by atoms with Crippen LogP contribution >= 0.6 is 0 Å². The number of unbranched alkanes of at least 4 members (excludes halogenated alkanes) is 6. The first-order valence-electron chi connectivity index (χ1n) is 7.87. The molecule has 0 saturated carbocycles. The SMILES string of the molecule is CCCCCCCCC[C@H]1O[C@@H](C)CC(C)(C)O1. The fourth-order valence-electron chi connectivity index (χ4n) is 2.83. The third-order valence-electron chi connectivity index (χ3n) is 3.66. The Hall–Kier alpha value is -0.0800. The van der Waals surface area contributed by atoms with Crippen molar-refractivity contribution in [2.75, 3.05) is 0 Å². The van der Waals surface area contributed by atoms with E-state index in [2.05, 4.69) is 27.7 Å². The summed E-state index contributed by atoms with van der Waals surface area (Å²) >= 11 is 0. The molecular weight excluding hydrogens is 224 g/mol. The number of rotatable bonds is 8. The zero-order valence-corrected chi connectivity index (χ0v) is 12.8. The molecular formula is C16H32O2. The Kier molecular flexibility index (Phi) is 7.25. The molecule has 2 nitrogen and oxygen atoms in total. The van der Waals surface area contributed by atoms with Crippen LogP contribution in [0.15, 0.2) is 0 Å². The van der Waals surface area contributed by atoms with Gasteiger partial charge in [0.15, 0.2) is 6.29 Å². The molecule has 0 aromatic heterocycles. The molecule has 0 radical (unpaired) electrons. The van der Waals surface area contributed by atoms with E-state index in [1.165, 1.54) is 44.9 Å². The van der Waals surface area contributed by atoms with Crippen molar-refractivity contribution in [3.63, 3.8) is 0 Å². The van der Waals surface area contributed by atoms with E-state index in [1.807, 2.05) is 0 Å². The van der Waals surface area contributed by atoms with Crippen molar-refractivity contribution < 1.29 is 9.47 Å². The van der Waals surface area contributed by atoms with E-state index in [-0.39, 0.29) is 11.9 Å². The maximum Gasteiger partial charge on any atom is 0.158 e. The van der Waals surface area contributed by atoms with E-state index in [0.717, 1.165) is 12.8 Å². The summed E-state index contributed by atoms with van der Waals surface area (Å²) in [4.78, 5) is 0. The zero-order valence-electron chi connectivity index (χ0n) is 12.8. The largest absolute Gasteiger partial charge is 0.350 e. The summed E-state index contributed by atoms with van der Waals surface area (Å²) in [6.07, 6.45) is 11.9. The van der Waals surface area contributed by atoms with Gasteiger partial charge in [0.05, 0.1) is 11.7 Å². The lowest BCUT2D eigenvalue weighted by atomic mass is 9.99. The van der Waals surface area contributed by atoms with E-state index in [0.29, 0.717) is 6.10 Å². The van der Waals surface area contributed by atoms with Crippen LogP contribution in [0.2, 0.25) is 0 Å². The molecule has 1 saturated heterocycles. The van der Waals surface area contributed by atoms with Crippen molar-refractivity contribution in [2.45, 2.75) is 103 Å². The first kappa shape index (κ1) is 16.0. The molecule has 0 bridgehead atoms. The molecule has 1 heterocycles. The molecule has 0 spiro atoms. The van der Waals surface area contributed by atoms with Crippen LogP contribution < -0.4 is 0 Å². The van der Waals surface area contributed by atoms with Crippen molar-refractivity contribution in [1.82, 2.24) is 0 Å². The Labute approximate surface area is 113 Å². The summed E-state index contributed by atoms with van der Waals surface area (Å²) in [5.41, 5.74) is -0.0105. The van der Waals surface area contributed by atoms with Crippen LogP contribution in [0.1, 0.15) is 85.5 Å². The fourth-order valence-corrected chi connectivity index (χ4v) is 2.83. The standard InChI is InChI=1S/C16H32O2/c1-5-6-7-8-9-10-11-12-15-17-14(2)13-16(3,4)18-15/h14-15H,5-13H2,1-4H3/t14-,15-/m0/s1. The molecule has 1 fully saturated rings. The van der Waals surface area contributed by atoms with Crippen LogP contribution in [0.25, 0.3) is 0 Å². The summed E-state index contributed by atoms with van der Waals surface area (Å²) in [5.74, 6) is 0. The maximum absolute atomic E-state index is 5.97. The fraction of sp³-hybridized carbons (Fsp3) is 1.00. The van der Waals surface area contributed by atoms with Crippen LogP contribution in [0.3, 0.4) is 0 Å². The molecule has 2 heteroatoms. The van der Waals surface area contributed by atoms with Crippen molar-refractivity contribution in [1.29, 1.82) is 0 Å². The Morgan fingerprint density at radius 1 is 1.00 bits per heavy atom. The van der Waals surface area contributed by atoms with Gasteiger partial charge < -0.3 is 9.47 Å². The number of hydrogen-bond acceptors (Lipinski definition) is 2. The summed E-state index contributed by atoms with van der Waals surface area (Å²) in [7, 11) is 0. The first-order chi connectivity index (χ1) is 8.53. The second-order valence-corrected chi connectivity index (χ2v) is 6.37. The van der Waals surface area contributed by atoms with Gasteiger partial charge in [-0.05, 0) is 33.6 Å². The predicted octanol–water partition coefficient (Wildman–Crippen LogP) is 5.06. The van der Waals surface area contributed by atoms with E-state index < -0.39 is 0 Å². The van der Waals surface area contributed by atoms with Gasteiger partial charge in [-0.1, -0.05) is 45.4 Å². The molecule has 18 heavy (non-hydrogen) atoms. The lowest BCUT2D eigenvalue weighted by Gasteiger charge is -2.39. The minimum absolute atomic E-state index is 0.0105. The summed E-state index contributed by atoms with van der Waals surface area (Å²) in [6, 6.07) is 0. The first-order valence-corrected chi connectivity index (χ1v) is 7.87. The molecule has 1 rings (SSSR count). The molecule has 2 atom stereocenters. The smallest absolute Gasteiger partial charge is 0.158 e. The van der Waals surface area contributed by atoms with Gasteiger partial charge in [-0.25, -0.2) is 0 Å². The normalized spacial score (nSPS) is 27.3. The molecule has 0 aromatic carbocycles. The lowest BCUT2D eigenvalue weighted by Crippen LogP contribution is -2.42. The highest BCUT2D eigenvalue weighted by molar-refractivity contribution is 4.77. The third-order valence-corrected chi connectivity index (χ3v) is 3.66. The van der Waals surface area contributed by atoms with Crippen LogP contribution in [0.5, 0.6) is 0 Å². The van der Waals surface area contributed by atoms with E-state index >= 15 is 0 Å². The molecule has 1 aliphatic rings. The lowest BCUT2D eigenvalue weighted by molar-refractivity contribution is -0.270. The second kappa shape index (κ2) is 8.16. The molecule has 0 aromatic rings. The molecule has 1 aliphatic heterocycles. The van der Waals surface area contributed by atoms with Crippen molar-refractivity contribution in [2.24, 2.45) is 0 Å². The summed E-state index contributed by atoms with van der Waals surface area (Å²) in [6.45, 7) is 8.76. The molecule has 0 N–H and O–H groups in total.